The lowest BCUT2D eigenvalue weighted by Crippen LogP contribution is -2.45. The minimum absolute atomic E-state index is 0.00515. The van der Waals surface area contributed by atoms with E-state index in [0.29, 0.717) is 26.2 Å². The van der Waals surface area contributed by atoms with E-state index >= 15 is 8.78 Å². The number of piperazine rings is 1. The van der Waals surface area contributed by atoms with Gasteiger partial charge in [-0.05, 0) is 26.1 Å². The summed E-state index contributed by atoms with van der Waals surface area (Å²) in [6.45, 7) is 2.29. The number of nitrogens with zero attached hydrogens (tertiary/aromatic N) is 3. The normalized spacial score (nSPS) is 17.7. The van der Waals surface area contributed by atoms with Crippen molar-refractivity contribution in [2.75, 3.05) is 44.4 Å². The van der Waals surface area contributed by atoms with Gasteiger partial charge in [0.05, 0.1) is 22.0 Å². The van der Waals surface area contributed by atoms with Gasteiger partial charge in [0.2, 0.25) is 5.43 Å². The Bertz CT molecular complexity index is 1050. The van der Waals surface area contributed by atoms with Crippen LogP contribution in [0.5, 0.6) is 5.75 Å². The maximum absolute atomic E-state index is 15.7. The maximum atomic E-state index is 15.7. The van der Waals surface area contributed by atoms with Crippen LogP contribution in [0, 0.1) is 11.6 Å². The summed E-state index contributed by atoms with van der Waals surface area (Å²) in [6, 6.07) is -0.0794. The van der Waals surface area contributed by atoms with Crippen LogP contribution in [-0.4, -0.2) is 60.2 Å². The van der Waals surface area contributed by atoms with E-state index in [-0.39, 0.29) is 27.5 Å². The van der Waals surface area contributed by atoms with Gasteiger partial charge < -0.3 is 24.2 Å². The van der Waals surface area contributed by atoms with E-state index in [9.17, 15) is 9.59 Å². The van der Waals surface area contributed by atoms with Gasteiger partial charge in [0.25, 0.3) is 0 Å². The predicted octanol–water partition coefficient (Wildman–Crippen LogP) is 3.15. The molecule has 2 aromatic rings. The van der Waals surface area contributed by atoms with Gasteiger partial charge in [-0.1, -0.05) is 0 Å². The third-order valence-electron chi connectivity index (χ3n) is 5.41. The number of pyridine rings is 1. The second-order valence-corrected chi connectivity index (χ2v) is 8.17. The van der Waals surface area contributed by atoms with Crippen LogP contribution in [0.3, 0.4) is 0 Å². The monoisotopic (exact) mass is 425 g/mol. The molecule has 7 nitrogen and oxygen atoms in total. The molecule has 2 heterocycles. The van der Waals surface area contributed by atoms with Gasteiger partial charge in [-0.3, -0.25) is 4.79 Å². The number of rotatable bonds is 4. The molecule has 0 bridgehead atoms. The van der Waals surface area contributed by atoms with Crippen molar-refractivity contribution in [3.05, 3.63) is 28.1 Å². The number of halogens is 2. The molecule has 4 rings (SSSR count). The first-order valence-corrected chi connectivity index (χ1v) is 10.5. The molecule has 1 aliphatic heterocycles. The molecule has 1 N–H and O–H groups in total. The molecule has 1 saturated carbocycles. The number of ether oxygens (including phenoxy) is 1. The minimum Gasteiger partial charge on any atom is -0.449 e. The highest BCUT2D eigenvalue weighted by Crippen LogP contribution is 2.43. The van der Waals surface area contributed by atoms with Crippen LogP contribution in [0.1, 0.15) is 18.9 Å². The number of likely N-dealkylation sites (N-methyl/N-ethyl adjacent to an activating group) is 1. The van der Waals surface area contributed by atoms with Gasteiger partial charge in [-0.2, -0.15) is 0 Å². The Morgan fingerprint density at radius 3 is 2.41 bits per heavy atom. The number of aromatic nitrogens is 1. The molecular weight excluding hydrogens is 404 g/mol. The second kappa shape index (κ2) is 7.49. The number of benzene rings is 1. The zero-order valence-electron chi connectivity index (χ0n) is 16.1. The van der Waals surface area contributed by atoms with Crippen LogP contribution in [0.4, 0.5) is 19.3 Å². The molecule has 1 saturated heterocycles. The Hall–Kier alpha value is -2.33. The van der Waals surface area contributed by atoms with Crippen LogP contribution in [0.15, 0.2) is 15.9 Å². The Kier molecular flexibility index (Phi) is 5.16. The summed E-state index contributed by atoms with van der Waals surface area (Å²) in [5, 5.41) is 8.78. The first-order chi connectivity index (χ1) is 13.8. The van der Waals surface area contributed by atoms with Crippen molar-refractivity contribution in [1.29, 1.82) is 0 Å². The SMILES string of the molecule is CSc1c(F)c(N2CCN(C)CC2)c(F)c2c1c(=O)c(OC(=O)O)cn2C1CC1. The topological polar surface area (TPSA) is 75.0 Å². The number of carboxylic acid groups (broad SMARTS) is 1. The molecule has 2 aliphatic rings. The molecule has 29 heavy (non-hydrogen) atoms. The van der Waals surface area contributed by atoms with Gasteiger partial charge >= 0.3 is 6.16 Å². The van der Waals surface area contributed by atoms with Crippen molar-refractivity contribution in [2.45, 2.75) is 23.8 Å². The average Bonchev–Trinajstić information content (AvgIpc) is 3.50. The third-order valence-corrected chi connectivity index (χ3v) is 6.21. The minimum atomic E-state index is -1.65. The highest BCUT2D eigenvalue weighted by atomic mass is 32.2. The summed E-state index contributed by atoms with van der Waals surface area (Å²) in [6.07, 6.45) is 2.72. The number of fused-ring (bicyclic) bond motifs is 1. The summed E-state index contributed by atoms with van der Waals surface area (Å²) in [7, 11) is 1.95. The van der Waals surface area contributed by atoms with E-state index < -0.39 is 29.0 Å². The van der Waals surface area contributed by atoms with E-state index in [2.05, 4.69) is 9.64 Å². The molecule has 0 spiro atoms. The second-order valence-electron chi connectivity index (χ2n) is 7.35. The highest BCUT2D eigenvalue weighted by molar-refractivity contribution is 7.98. The number of hydrogen-bond donors (Lipinski definition) is 1. The van der Waals surface area contributed by atoms with Crippen molar-refractivity contribution in [2.24, 2.45) is 0 Å². The number of carbonyl (C=O) groups is 1. The third kappa shape index (κ3) is 3.44. The van der Waals surface area contributed by atoms with Crippen molar-refractivity contribution in [1.82, 2.24) is 9.47 Å². The van der Waals surface area contributed by atoms with E-state index in [4.69, 9.17) is 5.11 Å². The van der Waals surface area contributed by atoms with E-state index in [1.165, 1.54) is 10.8 Å². The standard InChI is InChI=1S/C19H21F2N3O4S/c1-22-5-7-23(8-6-22)16-13(20)15-12(18(29-2)14(16)21)17(25)11(28-19(26)27)9-24(15)10-3-4-10/h9-10H,3-8H2,1-2H3,(H,26,27). The zero-order chi connectivity index (χ0) is 20.9. The lowest BCUT2D eigenvalue weighted by Gasteiger charge is -2.35. The Labute approximate surface area is 169 Å². The van der Waals surface area contributed by atoms with Gasteiger partial charge in [0.15, 0.2) is 17.4 Å². The smallest absolute Gasteiger partial charge is 0.449 e. The number of anilines is 1. The van der Waals surface area contributed by atoms with Crippen molar-refractivity contribution in [3.8, 4) is 5.75 Å². The number of thioether (sulfide) groups is 1. The lowest BCUT2D eigenvalue weighted by atomic mass is 10.1. The molecule has 1 aromatic carbocycles. The molecule has 2 fully saturated rings. The van der Waals surface area contributed by atoms with Crippen LogP contribution in [0.2, 0.25) is 0 Å². The van der Waals surface area contributed by atoms with Gasteiger partial charge in [0.1, 0.15) is 5.69 Å². The summed E-state index contributed by atoms with van der Waals surface area (Å²) < 4.78 is 37.3. The van der Waals surface area contributed by atoms with Crippen molar-refractivity contribution < 1.29 is 23.4 Å². The quantitative estimate of drug-likeness (QED) is 0.596. The molecule has 1 aromatic heterocycles. The van der Waals surface area contributed by atoms with Gasteiger partial charge in [0, 0.05) is 32.2 Å². The van der Waals surface area contributed by atoms with Gasteiger partial charge in [-0.15, -0.1) is 11.8 Å². The Balaban J connectivity index is 2.02. The van der Waals surface area contributed by atoms with E-state index in [1.54, 1.807) is 11.2 Å². The van der Waals surface area contributed by atoms with Crippen LogP contribution < -0.4 is 15.1 Å². The Morgan fingerprint density at radius 1 is 1.21 bits per heavy atom. The highest BCUT2D eigenvalue weighted by Gasteiger charge is 2.33. The largest absolute Gasteiger partial charge is 0.511 e. The van der Waals surface area contributed by atoms with Crippen molar-refractivity contribution >= 4 is 34.5 Å². The molecule has 10 heteroatoms. The van der Waals surface area contributed by atoms with Crippen LogP contribution >= 0.6 is 11.8 Å². The molecule has 0 atom stereocenters. The molecule has 0 amide bonds. The fourth-order valence-electron chi connectivity index (χ4n) is 3.78. The molecule has 0 radical (unpaired) electrons. The summed E-state index contributed by atoms with van der Waals surface area (Å²) in [5.41, 5.74) is -0.947. The summed E-state index contributed by atoms with van der Waals surface area (Å²) in [5.74, 6) is -2.02. The summed E-state index contributed by atoms with van der Waals surface area (Å²) >= 11 is 1.000. The molecule has 156 valence electrons. The van der Waals surface area contributed by atoms with E-state index in [0.717, 1.165) is 24.6 Å². The fourth-order valence-corrected chi connectivity index (χ4v) is 4.45. The molecule has 0 unspecified atom stereocenters. The molecular formula is C19H21F2N3O4S. The van der Waals surface area contributed by atoms with Crippen LogP contribution in [-0.2, 0) is 0 Å². The van der Waals surface area contributed by atoms with Gasteiger partial charge in [-0.25, -0.2) is 13.6 Å². The number of hydrogen-bond acceptors (Lipinski definition) is 6. The van der Waals surface area contributed by atoms with Crippen molar-refractivity contribution in [3.63, 3.8) is 0 Å². The lowest BCUT2D eigenvalue weighted by molar-refractivity contribution is 0.143. The average molecular weight is 425 g/mol. The summed E-state index contributed by atoms with van der Waals surface area (Å²) in [4.78, 5) is 27.7. The first kappa shape index (κ1) is 20.0. The zero-order valence-corrected chi connectivity index (χ0v) is 16.9. The molecule has 1 aliphatic carbocycles. The maximum Gasteiger partial charge on any atom is 0.511 e. The predicted molar refractivity (Wildman–Crippen MR) is 107 cm³/mol. The fraction of sp³-hybridized carbons (Fsp3) is 0.474. The van der Waals surface area contributed by atoms with Crippen LogP contribution in [0.25, 0.3) is 10.9 Å². The first-order valence-electron chi connectivity index (χ1n) is 9.31. The van der Waals surface area contributed by atoms with E-state index in [1.807, 2.05) is 7.05 Å². The Morgan fingerprint density at radius 2 is 1.86 bits per heavy atom.